The Morgan fingerprint density at radius 1 is 0.226 bits per heavy atom. The van der Waals surface area contributed by atoms with Gasteiger partial charge in [0.25, 0.3) is 0 Å². The molecule has 0 aliphatic heterocycles. The summed E-state index contributed by atoms with van der Waals surface area (Å²) in [6, 6.07) is 95.4. The quantitative estimate of drug-likeness (QED) is 0.128. The summed E-state index contributed by atoms with van der Waals surface area (Å²) in [6.07, 6.45) is 0. The van der Waals surface area contributed by atoms with Gasteiger partial charge in [0.05, 0.1) is 16.4 Å². The van der Waals surface area contributed by atoms with Crippen LogP contribution in [0, 0.1) is 0 Å². The molecular weight excluding hydrogens is 747 g/mol. The average Bonchev–Trinajstić information content (AvgIpc) is 3.70. The summed E-state index contributed by atoms with van der Waals surface area (Å²) in [7, 11) is 0. The first kappa shape index (κ1) is 37.0. The molecule has 11 aromatic rings. The van der Waals surface area contributed by atoms with Gasteiger partial charge in [-0.3, -0.25) is 0 Å². The van der Waals surface area contributed by atoms with Crippen molar-refractivity contribution in [2.45, 2.75) is 5.41 Å². The monoisotopic (exact) mass is 789 g/mol. The van der Waals surface area contributed by atoms with E-state index in [0.29, 0.717) is 0 Å². The first-order chi connectivity index (χ1) is 30.7. The molecule has 0 unspecified atom stereocenters. The molecule has 0 amide bonds. The molecule has 292 valence electrons. The first-order valence-electron chi connectivity index (χ1n) is 21.4. The van der Waals surface area contributed by atoms with Gasteiger partial charge in [-0.1, -0.05) is 212 Å². The van der Waals surface area contributed by atoms with Crippen LogP contribution >= 0.6 is 0 Å². The molecule has 1 aromatic heterocycles. The summed E-state index contributed by atoms with van der Waals surface area (Å²) in [5, 5.41) is 2.52. The second-order valence-corrected chi connectivity index (χ2v) is 16.1. The van der Waals surface area contributed by atoms with Crippen LogP contribution in [0.4, 0.5) is 0 Å². The van der Waals surface area contributed by atoms with Crippen molar-refractivity contribution in [2.75, 3.05) is 0 Å². The van der Waals surface area contributed by atoms with E-state index in [4.69, 9.17) is 0 Å². The summed E-state index contributed by atoms with van der Waals surface area (Å²) in [4.78, 5) is 0. The fourth-order valence-corrected chi connectivity index (χ4v) is 9.65. The van der Waals surface area contributed by atoms with Crippen LogP contribution in [-0.4, -0.2) is 4.57 Å². The highest BCUT2D eigenvalue weighted by atomic mass is 15.0. The molecule has 0 bridgehead atoms. The number of aromatic nitrogens is 1. The fourth-order valence-electron chi connectivity index (χ4n) is 9.65. The number of hydrogen-bond donors (Lipinski definition) is 0. The molecular formula is C61H43N. The smallest absolute Gasteiger partial charge is 0.0702 e. The Kier molecular flexibility index (Phi) is 9.48. The molecule has 0 atom stereocenters. The molecule has 62 heavy (non-hydrogen) atoms. The number of fused-ring (bicyclic) bond motifs is 3. The molecule has 0 saturated carbocycles. The van der Waals surface area contributed by atoms with E-state index < -0.39 is 5.41 Å². The predicted octanol–water partition coefficient (Wildman–Crippen LogP) is 15.8. The van der Waals surface area contributed by atoms with Gasteiger partial charge < -0.3 is 4.57 Å². The van der Waals surface area contributed by atoms with Crippen LogP contribution in [0.3, 0.4) is 0 Å². The number of rotatable bonds is 9. The molecule has 0 saturated heterocycles. The number of benzene rings is 10. The largest absolute Gasteiger partial charge is 0.309 e. The van der Waals surface area contributed by atoms with Crippen molar-refractivity contribution in [3.05, 3.63) is 283 Å². The van der Waals surface area contributed by atoms with Gasteiger partial charge in [0, 0.05) is 16.5 Å². The van der Waals surface area contributed by atoms with E-state index in [1.165, 1.54) is 88.6 Å². The highest BCUT2D eigenvalue weighted by Gasteiger charge is 2.38. The van der Waals surface area contributed by atoms with Gasteiger partial charge in [-0.15, -0.1) is 0 Å². The number of para-hydroxylation sites is 2. The molecule has 0 aliphatic rings. The van der Waals surface area contributed by atoms with Gasteiger partial charge >= 0.3 is 0 Å². The van der Waals surface area contributed by atoms with Gasteiger partial charge in [-0.2, -0.15) is 0 Å². The molecule has 11 rings (SSSR count). The molecule has 0 spiro atoms. The minimum atomic E-state index is -0.624. The number of nitrogens with zero attached hydrogens (tertiary/aromatic N) is 1. The van der Waals surface area contributed by atoms with Crippen LogP contribution in [0.15, 0.2) is 261 Å². The van der Waals surface area contributed by atoms with E-state index in [1.54, 1.807) is 0 Å². The van der Waals surface area contributed by atoms with Gasteiger partial charge in [-0.25, -0.2) is 0 Å². The van der Waals surface area contributed by atoms with E-state index in [9.17, 15) is 0 Å². The summed E-state index contributed by atoms with van der Waals surface area (Å²) < 4.78 is 2.40. The summed E-state index contributed by atoms with van der Waals surface area (Å²) in [5.74, 6) is 0. The van der Waals surface area contributed by atoms with E-state index >= 15 is 0 Å². The molecule has 1 heteroatoms. The lowest BCUT2D eigenvalue weighted by Gasteiger charge is -2.37. The average molecular weight is 790 g/mol. The standard InChI is InChI=1S/C61H43N/c1-4-19-44(20-5-1)45-21-14-22-46(39-45)47-23-15-24-48(40-47)49-25-16-32-54(41-49)61(52-28-6-2-7-29-52,53-30-8-3-9-31-53)55-33-17-26-50(42-55)51-27-18-34-56(43-51)62-59-37-12-10-35-57(59)58-36-11-13-38-60(58)62/h1-43H. The summed E-state index contributed by atoms with van der Waals surface area (Å²) >= 11 is 0. The topological polar surface area (TPSA) is 4.93 Å². The van der Waals surface area contributed by atoms with Gasteiger partial charge in [0.1, 0.15) is 0 Å². The highest BCUT2D eigenvalue weighted by molar-refractivity contribution is 6.09. The number of hydrogen-bond acceptors (Lipinski definition) is 0. The molecule has 0 aliphatic carbocycles. The Balaban J connectivity index is 1.06. The summed E-state index contributed by atoms with van der Waals surface area (Å²) in [5.41, 5.74) is 17.3. The van der Waals surface area contributed by atoms with E-state index in [0.717, 1.165) is 5.69 Å². The second-order valence-electron chi connectivity index (χ2n) is 16.1. The maximum absolute atomic E-state index is 2.41. The minimum Gasteiger partial charge on any atom is -0.309 e. The van der Waals surface area contributed by atoms with Crippen molar-refractivity contribution in [2.24, 2.45) is 0 Å². The molecule has 1 nitrogen and oxygen atoms in total. The van der Waals surface area contributed by atoms with E-state index in [1.807, 2.05) is 0 Å². The van der Waals surface area contributed by atoms with Crippen molar-refractivity contribution in [1.82, 2.24) is 4.57 Å². The molecule has 0 N–H and O–H groups in total. The Labute approximate surface area is 363 Å². The third kappa shape index (κ3) is 6.52. The third-order valence-corrected chi connectivity index (χ3v) is 12.5. The van der Waals surface area contributed by atoms with Crippen LogP contribution in [0.2, 0.25) is 0 Å². The zero-order valence-electron chi connectivity index (χ0n) is 34.3. The van der Waals surface area contributed by atoms with Gasteiger partial charge in [0.15, 0.2) is 0 Å². The lowest BCUT2D eigenvalue weighted by Crippen LogP contribution is -2.31. The minimum absolute atomic E-state index is 0.624. The maximum Gasteiger partial charge on any atom is 0.0702 e. The van der Waals surface area contributed by atoms with Crippen molar-refractivity contribution < 1.29 is 0 Å². The van der Waals surface area contributed by atoms with E-state index in [-0.39, 0.29) is 0 Å². The van der Waals surface area contributed by atoms with Crippen LogP contribution in [0.25, 0.3) is 72.0 Å². The van der Waals surface area contributed by atoms with Crippen molar-refractivity contribution in [3.8, 4) is 50.2 Å². The van der Waals surface area contributed by atoms with Gasteiger partial charge in [0.2, 0.25) is 0 Å². The molecule has 10 aromatic carbocycles. The molecule has 0 radical (unpaired) electrons. The second kappa shape index (κ2) is 15.9. The van der Waals surface area contributed by atoms with E-state index in [2.05, 4.69) is 265 Å². The lowest BCUT2D eigenvalue weighted by molar-refractivity contribution is 0.746. The van der Waals surface area contributed by atoms with Crippen LogP contribution in [-0.2, 0) is 5.41 Å². The van der Waals surface area contributed by atoms with Crippen molar-refractivity contribution in [1.29, 1.82) is 0 Å². The highest BCUT2D eigenvalue weighted by Crippen LogP contribution is 2.47. The van der Waals surface area contributed by atoms with Crippen molar-refractivity contribution in [3.63, 3.8) is 0 Å². The maximum atomic E-state index is 2.41. The third-order valence-electron chi connectivity index (χ3n) is 12.5. The van der Waals surface area contributed by atoms with Crippen LogP contribution in [0.5, 0.6) is 0 Å². The Morgan fingerprint density at radius 3 is 1.03 bits per heavy atom. The first-order valence-corrected chi connectivity index (χ1v) is 21.4. The molecule has 0 fully saturated rings. The SMILES string of the molecule is c1ccc(-c2cccc(-c3cccc(-c4cccc(C(c5ccccc5)(c5ccccc5)c5cccc(-c6cccc(-n7c8ccccc8c8ccccc87)c6)c5)c4)c3)c2)cc1. The van der Waals surface area contributed by atoms with Crippen LogP contribution in [0.1, 0.15) is 22.3 Å². The Hall–Kier alpha value is -8.00. The summed E-state index contributed by atoms with van der Waals surface area (Å²) in [6.45, 7) is 0. The van der Waals surface area contributed by atoms with Gasteiger partial charge in [-0.05, 0) is 115 Å². The molecule has 1 heterocycles. The Bertz CT molecular complexity index is 3250. The normalized spacial score (nSPS) is 11.5. The Morgan fingerprint density at radius 2 is 0.548 bits per heavy atom. The lowest BCUT2D eigenvalue weighted by atomic mass is 9.64. The zero-order chi connectivity index (χ0) is 41.3. The van der Waals surface area contributed by atoms with Crippen molar-refractivity contribution >= 4 is 21.8 Å². The van der Waals surface area contributed by atoms with Crippen LogP contribution < -0.4 is 0 Å². The predicted molar refractivity (Wildman–Crippen MR) is 261 cm³/mol. The fraction of sp³-hybridized carbons (Fsp3) is 0.0164. The zero-order valence-corrected chi connectivity index (χ0v) is 34.3.